The van der Waals surface area contributed by atoms with Crippen molar-refractivity contribution in [2.75, 3.05) is 32.1 Å². The van der Waals surface area contributed by atoms with E-state index in [1.165, 1.54) is 0 Å². The summed E-state index contributed by atoms with van der Waals surface area (Å²) in [6.45, 7) is 3.92. The lowest BCUT2D eigenvalue weighted by atomic mass is 9.95. The number of anilines is 2. The van der Waals surface area contributed by atoms with Crippen molar-refractivity contribution in [3.8, 4) is 0 Å². The molecular weight excluding hydrogens is 330 g/mol. The van der Waals surface area contributed by atoms with Crippen molar-refractivity contribution >= 4 is 17.5 Å². The Bertz CT molecular complexity index is 735. The molecule has 3 rings (SSSR count). The highest BCUT2D eigenvalue weighted by atomic mass is 16.5. The van der Waals surface area contributed by atoms with Crippen molar-refractivity contribution in [2.45, 2.75) is 32.1 Å². The minimum atomic E-state index is 0.147. The van der Waals surface area contributed by atoms with Crippen LogP contribution in [0.15, 0.2) is 30.6 Å². The molecule has 1 N–H and O–H groups in total. The Labute approximate surface area is 153 Å². The van der Waals surface area contributed by atoms with E-state index in [-0.39, 0.29) is 11.8 Å². The molecule has 1 amide bonds. The van der Waals surface area contributed by atoms with E-state index in [0.717, 1.165) is 36.6 Å². The SMILES string of the molecule is COCCC(=O)N1CCC[C@H](c2cnc(Nc3cccc(C)n3)cn2)C1. The summed E-state index contributed by atoms with van der Waals surface area (Å²) in [5.74, 6) is 1.79. The second kappa shape index (κ2) is 8.71. The lowest BCUT2D eigenvalue weighted by Gasteiger charge is -2.32. The Morgan fingerprint density at radius 3 is 2.92 bits per heavy atom. The molecule has 7 nitrogen and oxygen atoms in total. The van der Waals surface area contributed by atoms with E-state index < -0.39 is 0 Å². The number of aromatic nitrogens is 3. The highest BCUT2D eigenvalue weighted by molar-refractivity contribution is 5.76. The summed E-state index contributed by atoms with van der Waals surface area (Å²) < 4.78 is 5.00. The van der Waals surface area contributed by atoms with Gasteiger partial charge in [-0.05, 0) is 31.9 Å². The number of hydrogen-bond donors (Lipinski definition) is 1. The van der Waals surface area contributed by atoms with Crippen LogP contribution >= 0.6 is 0 Å². The van der Waals surface area contributed by atoms with Crippen molar-refractivity contribution in [2.24, 2.45) is 0 Å². The van der Waals surface area contributed by atoms with Gasteiger partial charge in [0.2, 0.25) is 5.91 Å². The highest BCUT2D eigenvalue weighted by Gasteiger charge is 2.25. The summed E-state index contributed by atoms with van der Waals surface area (Å²) in [6.07, 6.45) is 5.96. The van der Waals surface area contributed by atoms with Crippen LogP contribution in [0.25, 0.3) is 0 Å². The Morgan fingerprint density at radius 1 is 1.31 bits per heavy atom. The number of nitrogens with one attached hydrogen (secondary N) is 1. The van der Waals surface area contributed by atoms with Gasteiger partial charge in [0.1, 0.15) is 11.6 Å². The van der Waals surface area contributed by atoms with Crippen LogP contribution in [0.3, 0.4) is 0 Å². The molecule has 1 saturated heterocycles. The molecule has 26 heavy (non-hydrogen) atoms. The smallest absolute Gasteiger partial charge is 0.224 e. The first-order valence-corrected chi connectivity index (χ1v) is 8.95. The third-order valence-corrected chi connectivity index (χ3v) is 4.53. The van der Waals surface area contributed by atoms with E-state index in [9.17, 15) is 4.79 Å². The first-order chi connectivity index (χ1) is 12.7. The summed E-state index contributed by atoms with van der Waals surface area (Å²) in [6, 6.07) is 5.79. The number of hydrogen-bond acceptors (Lipinski definition) is 6. The highest BCUT2D eigenvalue weighted by Crippen LogP contribution is 2.26. The number of amides is 1. The second-order valence-electron chi connectivity index (χ2n) is 6.54. The minimum Gasteiger partial charge on any atom is -0.384 e. The van der Waals surface area contributed by atoms with Gasteiger partial charge in [0.25, 0.3) is 0 Å². The molecule has 0 saturated carbocycles. The number of piperidine rings is 1. The maximum absolute atomic E-state index is 12.2. The molecule has 1 fully saturated rings. The summed E-state index contributed by atoms with van der Waals surface area (Å²) in [4.78, 5) is 27.5. The largest absolute Gasteiger partial charge is 0.384 e. The van der Waals surface area contributed by atoms with Crippen molar-refractivity contribution in [1.29, 1.82) is 0 Å². The molecule has 3 heterocycles. The first-order valence-electron chi connectivity index (χ1n) is 8.95. The van der Waals surface area contributed by atoms with Crippen molar-refractivity contribution in [3.63, 3.8) is 0 Å². The Hall–Kier alpha value is -2.54. The third-order valence-electron chi connectivity index (χ3n) is 4.53. The average Bonchev–Trinajstić information content (AvgIpc) is 2.67. The quantitative estimate of drug-likeness (QED) is 0.858. The van der Waals surface area contributed by atoms with Gasteiger partial charge in [-0.2, -0.15) is 0 Å². The summed E-state index contributed by atoms with van der Waals surface area (Å²) >= 11 is 0. The van der Waals surface area contributed by atoms with Crippen LogP contribution in [-0.2, 0) is 9.53 Å². The van der Waals surface area contributed by atoms with Crippen LogP contribution in [0.1, 0.15) is 36.6 Å². The molecule has 0 aliphatic carbocycles. The minimum absolute atomic E-state index is 0.147. The van der Waals surface area contributed by atoms with Gasteiger partial charge in [-0.15, -0.1) is 0 Å². The molecule has 0 bridgehead atoms. The number of carbonyl (C=O) groups is 1. The number of methoxy groups -OCH3 is 1. The third kappa shape index (κ3) is 4.76. The van der Waals surface area contributed by atoms with Crippen LogP contribution in [0.4, 0.5) is 11.6 Å². The van der Waals surface area contributed by atoms with Gasteiger partial charge >= 0.3 is 0 Å². The zero-order chi connectivity index (χ0) is 18.4. The molecule has 0 aromatic carbocycles. The Balaban J connectivity index is 1.61. The molecule has 1 aliphatic rings. The Kier molecular flexibility index (Phi) is 6.12. The number of pyridine rings is 1. The topological polar surface area (TPSA) is 80.2 Å². The normalized spacial score (nSPS) is 17.2. The zero-order valence-electron chi connectivity index (χ0n) is 15.3. The van der Waals surface area contributed by atoms with E-state index in [0.29, 0.717) is 25.4 Å². The van der Waals surface area contributed by atoms with Gasteiger partial charge in [0.05, 0.1) is 31.1 Å². The van der Waals surface area contributed by atoms with Crippen molar-refractivity contribution < 1.29 is 9.53 Å². The molecule has 2 aromatic rings. The fourth-order valence-electron chi connectivity index (χ4n) is 3.15. The molecular formula is C19H25N5O2. The summed E-state index contributed by atoms with van der Waals surface area (Å²) in [7, 11) is 1.61. The van der Waals surface area contributed by atoms with E-state index in [4.69, 9.17) is 4.74 Å². The monoisotopic (exact) mass is 355 g/mol. The van der Waals surface area contributed by atoms with E-state index >= 15 is 0 Å². The molecule has 2 aromatic heterocycles. The average molecular weight is 355 g/mol. The second-order valence-corrected chi connectivity index (χ2v) is 6.54. The molecule has 1 atom stereocenters. The maximum atomic E-state index is 12.2. The van der Waals surface area contributed by atoms with Crippen LogP contribution in [-0.4, -0.2) is 52.6 Å². The fourth-order valence-corrected chi connectivity index (χ4v) is 3.15. The van der Waals surface area contributed by atoms with E-state index in [1.54, 1.807) is 19.5 Å². The standard InChI is InChI=1S/C19H25N5O2/c1-14-5-3-7-17(22-14)23-18-12-20-16(11-21-18)15-6-4-9-24(13-15)19(25)8-10-26-2/h3,5,7,11-12,15H,4,6,8-10,13H2,1-2H3,(H,21,22,23)/t15-/m0/s1. The van der Waals surface area contributed by atoms with Crippen molar-refractivity contribution in [1.82, 2.24) is 19.9 Å². The van der Waals surface area contributed by atoms with Gasteiger partial charge < -0.3 is 15.0 Å². The molecule has 7 heteroatoms. The van der Waals surface area contributed by atoms with Gasteiger partial charge in [-0.25, -0.2) is 9.97 Å². The van der Waals surface area contributed by atoms with Gasteiger partial charge in [0.15, 0.2) is 0 Å². The predicted molar refractivity (Wildman–Crippen MR) is 99.3 cm³/mol. The van der Waals surface area contributed by atoms with Crippen molar-refractivity contribution in [3.05, 3.63) is 42.0 Å². The molecule has 0 unspecified atom stereocenters. The number of carbonyl (C=O) groups excluding carboxylic acids is 1. The van der Waals surface area contributed by atoms with Gasteiger partial charge in [-0.1, -0.05) is 6.07 Å². The molecule has 1 aliphatic heterocycles. The molecule has 0 radical (unpaired) electrons. The van der Waals surface area contributed by atoms with Crippen LogP contribution < -0.4 is 5.32 Å². The van der Waals surface area contributed by atoms with E-state index in [2.05, 4.69) is 20.3 Å². The number of aryl methyl sites for hydroxylation is 1. The Morgan fingerprint density at radius 2 is 2.19 bits per heavy atom. The summed E-state index contributed by atoms with van der Waals surface area (Å²) in [5.41, 5.74) is 1.87. The first kappa shape index (κ1) is 18.3. The number of rotatable bonds is 6. The summed E-state index contributed by atoms with van der Waals surface area (Å²) in [5, 5.41) is 3.16. The van der Waals surface area contributed by atoms with Crippen LogP contribution in [0.2, 0.25) is 0 Å². The molecule has 138 valence electrons. The van der Waals surface area contributed by atoms with Crippen LogP contribution in [0, 0.1) is 6.92 Å². The van der Waals surface area contributed by atoms with Crippen LogP contribution in [0.5, 0.6) is 0 Å². The number of likely N-dealkylation sites (tertiary alicyclic amines) is 1. The molecule has 0 spiro atoms. The number of ether oxygens (including phenoxy) is 1. The predicted octanol–water partition coefficient (Wildman–Crippen LogP) is 2.67. The van der Waals surface area contributed by atoms with E-state index in [1.807, 2.05) is 30.0 Å². The lowest BCUT2D eigenvalue weighted by molar-refractivity contribution is -0.133. The zero-order valence-corrected chi connectivity index (χ0v) is 15.3. The lowest BCUT2D eigenvalue weighted by Crippen LogP contribution is -2.39. The van der Waals surface area contributed by atoms with Gasteiger partial charge in [-0.3, -0.25) is 9.78 Å². The fraction of sp³-hybridized carbons (Fsp3) is 0.474. The number of nitrogens with zero attached hydrogens (tertiary/aromatic N) is 4. The maximum Gasteiger partial charge on any atom is 0.224 e. The van der Waals surface area contributed by atoms with Gasteiger partial charge in [0, 0.05) is 31.8 Å².